The summed E-state index contributed by atoms with van der Waals surface area (Å²) in [6, 6.07) is 15.7. The zero-order chi connectivity index (χ0) is 21.0. The van der Waals surface area contributed by atoms with E-state index >= 15 is 0 Å². The molecule has 0 aliphatic carbocycles. The molecule has 5 heteroatoms. The fourth-order valence-electron chi connectivity index (χ4n) is 3.20. The first kappa shape index (κ1) is 20.6. The number of imidazole rings is 1. The molecule has 1 aromatic heterocycles. The molecular formula is C24H29N3O2. The number of hydrogen-bond acceptors (Lipinski definition) is 2. The first-order valence-corrected chi connectivity index (χ1v) is 10.1. The molecule has 5 nitrogen and oxygen atoms in total. The second kappa shape index (κ2) is 8.95. The molecule has 0 radical (unpaired) electrons. The van der Waals surface area contributed by atoms with Gasteiger partial charge in [-0.3, -0.25) is 4.79 Å². The summed E-state index contributed by atoms with van der Waals surface area (Å²) in [7, 11) is 1.94. The monoisotopic (exact) mass is 391 g/mol. The summed E-state index contributed by atoms with van der Waals surface area (Å²) in [5, 5.41) is 9.56. The van der Waals surface area contributed by atoms with Gasteiger partial charge in [-0.15, -0.1) is 0 Å². The van der Waals surface area contributed by atoms with E-state index in [0.29, 0.717) is 12.0 Å². The first-order valence-electron chi connectivity index (χ1n) is 10.1. The molecule has 0 aliphatic heterocycles. The molecule has 3 aromatic rings. The van der Waals surface area contributed by atoms with Gasteiger partial charge in [-0.1, -0.05) is 55.8 Å². The minimum absolute atomic E-state index is 0.0978. The van der Waals surface area contributed by atoms with Crippen LogP contribution >= 0.6 is 0 Å². The van der Waals surface area contributed by atoms with Gasteiger partial charge in [-0.2, -0.15) is 4.99 Å². The summed E-state index contributed by atoms with van der Waals surface area (Å²) in [5.41, 5.74) is 6.20. The van der Waals surface area contributed by atoms with Gasteiger partial charge in [-0.25, -0.2) is 0 Å². The zero-order valence-electron chi connectivity index (χ0n) is 17.6. The maximum absolute atomic E-state index is 12.4. The molecule has 0 aliphatic rings. The van der Waals surface area contributed by atoms with Crippen molar-refractivity contribution in [2.75, 3.05) is 0 Å². The van der Waals surface area contributed by atoms with Crippen LogP contribution in [-0.2, 0) is 24.7 Å². The molecule has 0 saturated carbocycles. The van der Waals surface area contributed by atoms with Crippen LogP contribution in [0, 0.1) is 12.8 Å². The first-order chi connectivity index (χ1) is 13.9. The Labute approximate surface area is 171 Å². The van der Waals surface area contributed by atoms with Crippen LogP contribution in [-0.4, -0.2) is 20.6 Å². The second-order valence-corrected chi connectivity index (χ2v) is 7.70. The minimum Gasteiger partial charge on any atom is -0.508 e. The van der Waals surface area contributed by atoms with Crippen molar-refractivity contribution >= 4 is 5.91 Å². The number of nitrogens with one attached hydrogen (secondary N) is 1. The summed E-state index contributed by atoms with van der Waals surface area (Å²) < 4.78 is 1.97. The summed E-state index contributed by atoms with van der Waals surface area (Å²) in [4.78, 5) is 20.1. The molecule has 1 heterocycles. The SMILES string of the molecule is CCC(C)C(=O)/N=c1\[nH]c(Cc2ccc(C)cc2)c(Cc2ccc(O)cc2)n1C. The Hall–Kier alpha value is -3.08. The highest BCUT2D eigenvalue weighted by Crippen LogP contribution is 2.18. The third-order valence-corrected chi connectivity index (χ3v) is 5.39. The average Bonchev–Trinajstić information content (AvgIpc) is 2.99. The lowest BCUT2D eigenvalue weighted by atomic mass is 10.0. The van der Waals surface area contributed by atoms with E-state index in [9.17, 15) is 9.90 Å². The number of phenolic OH excluding ortho intramolecular Hbond substituents is 1. The van der Waals surface area contributed by atoms with Gasteiger partial charge >= 0.3 is 0 Å². The molecule has 1 amide bonds. The lowest BCUT2D eigenvalue weighted by Crippen LogP contribution is -2.21. The van der Waals surface area contributed by atoms with Gasteiger partial charge in [0.05, 0.1) is 0 Å². The van der Waals surface area contributed by atoms with Crippen molar-refractivity contribution in [2.45, 2.75) is 40.0 Å². The minimum atomic E-state index is -0.109. The van der Waals surface area contributed by atoms with Gasteiger partial charge in [-0.05, 0) is 36.6 Å². The van der Waals surface area contributed by atoms with Crippen molar-refractivity contribution in [3.05, 3.63) is 82.2 Å². The average molecular weight is 392 g/mol. The lowest BCUT2D eigenvalue weighted by molar-refractivity contribution is -0.121. The third-order valence-electron chi connectivity index (χ3n) is 5.39. The number of rotatable bonds is 6. The third kappa shape index (κ3) is 5.05. The van der Waals surface area contributed by atoms with E-state index in [1.807, 2.05) is 37.6 Å². The fraction of sp³-hybridized carbons (Fsp3) is 0.333. The number of phenols is 1. The quantitative estimate of drug-likeness (QED) is 0.666. The number of amides is 1. The number of benzene rings is 2. The lowest BCUT2D eigenvalue weighted by Gasteiger charge is -2.08. The molecule has 0 fully saturated rings. The maximum Gasteiger partial charge on any atom is 0.251 e. The Morgan fingerprint density at radius 1 is 1.07 bits per heavy atom. The van der Waals surface area contributed by atoms with Crippen molar-refractivity contribution in [3.63, 3.8) is 0 Å². The van der Waals surface area contributed by atoms with E-state index in [-0.39, 0.29) is 17.6 Å². The van der Waals surface area contributed by atoms with Crippen LogP contribution in [0.15, 0.2) is 53.5 Å². The molecule has 0 saturated heterocycles. The highest BCUT2D eigenvalue weighted by atomic mass is 16.3. The Morgan fingerprint density at radius 2 is 1.66 bits per heavy atom. The molecule has 152 valence electrons. The molecule has 0 spiro atoms. The Kier molecular flexibility index (Phi) is 6.37. The molecule has 0 bridgehead atoms. The number of carbonyl (C=O) groups is 1. The van der Waals surface area contributed by atoms with Crippen molar-refractivity contribution < 1.29 is 9.90 Å². The summed E-state index contributed by atoms with van der Waals surface area (Å²) in [6.07, 6.45) is 2.18. The number of nitrogens with zero attached hydrogens (tertiary/aromatic N) is 2. The van der Waals surface area contributed by atoms with Crippen molar-refractivity contribution in [1.29, 1.82) is 0 Å². The predicted molar refractivity (Wildman–Crippen MR) is 115 cm³/mol. The molecule has 2 N–H and O–H groups in total. The largest absolute Gasteiger partial charge is 0.508 e. The van der Waals surface area contributed by atoms with Gasteiger partial charge in [0.25, 0.3) is 5.91 Å². The van der Waals surface area contributed by atoms with E-state index in [4.69, 9.17) is 0 Å². The molecule has 1 atom stereocenters. The van der Waals surface area contributed by atoms with E-state index < -0.39 is 0 Å². The van der Waals surface area contributed by atoms with Crippen molar-refractivity contribution in [1.82, 2.24) is 9.55 Å². The summed E-state index contributed by atoms with van der Waals surface area (Å²) >= 11 is 0. The maximum atomic E-state index is 12.4. The highest BCUT2D eigenvalue weighted by Gasteiger charge is 2.15. The molecule has 3 rings (SSSR count). The van der Waals surface area contributed by atoms with Gasteiger partial charge in [0.15, 0.2) is 0 Å². The Balaban J connectivity index is 2.02. The second-order valence-electron chi connectivity index (χ2n) is 7.70. The normalized spacial score (nSPS) is 12.9. The van der Waals surface area contributed by atoms with E-state index in [0.717, 1.165) is 29.8 Å². The van der Waals surface area contributed by atoms with Crippen LogP contribution in [0.25, 0.3) is 0 Å². The number of H-pyrrole nitrogens is 1. The smallest absolute Gasteiger partial charge is 0.251 e. The number of hydrogen-bond donors (Lipinski definition) is 2. The van der Waals surface area contributed by atoms with Crippen LogP contribution in [0.5, 0.6) is 5.75 Å². The van der Waals surface area contributed by atoms with Gasteiger partial charge in [0.2, 0.25) is 5.62 Å². The van der Waals surface area contributed by atoms with Crippen molar-refractivity contribution in [3.8, 4) is 5.75 Å². The van der Waals surface area contributed by atoms with E-state index in [1.54, 1.807) is 12.1 Å². The standard InChI is InChI=1S/C24H29N3O2/c1-5-17(3)23(29)26-24-25-21(14-18-8-6-16(2)7-9-18)22(27(24)4)15-19-10-12-20(28)13-11-19/h6-13,17,28H,5,14-15H2,1-4H3,(H,25,26,29). The Bertz CT molecular complexity index is 1040. The molecular weight excluding hydrogens is 362 g/mol. The summed E-state index contributed by atoms with van der Waals surface area (Å²) in [5.74, 6) is 0.0451. The van der Waals surface area contributed by atoms with Crippen molar-refractivity contribution in [2.24, 2.45) is 18.0 Å². The van der Waals surface area contributed by atoms with Crippen LogP contribution in [0.3, 0.4) is 0 Å². The summed E-state index contributed by atoms with van der Waals surface area (Å²) in [6.45, 7) is 5.97. The molecule has 29 heavy (non-hydrogen) atoms. The van der Waals surface area contributed by atoms with Crippen LogP contribution < -0.4 is 5.62 Å². The predicted octanol–water partition coefficient (Wildman–Crippen LogP) is 4.02. The van der Waals surface area contributed by atoms with Crippen LogP contribution in [0.1, 0.15) is 48.3 Å². The van der Waals surface area contributed by atoms with Gasteiger partial charge in [0.1, 0.15) is 5.75 Å². The topological polar surface area (TPSA) is 70.4 Å². The van der Waals surface area contributed by atoms with E-state index in [1.165, 1.54) is 11.1 Å². The number of aromatic nitrogens is 2. The van der Waals surface area contributed by atoms with E-state index in [2.05, 4.69) is 41.2 Å². The number of carbonyl (C=O) groups excluding carboxylic acids is 1. The van der Waals surface area contributed by atoms with Crippen LogP contribution in [0.4, 0.5) is 0 Å². The van der Waals surface area contributed by atoms with Crippen LogP contribution in [0.2, 0.25) is 0 Å². The zero-order valence-corrected chi connectivity index (χ0v) is 17.6. The Morgan fingerprint density at radius 3 is 2.28 bits per heavy atom. The van der Waals surface area contributed by atoms with Gasteiger partial charge in [0, 0.05) is 37.2 Å². The number of aryl methyl sites for hydroxylation is 1. The highest BCUT2D eigenvalue weighted by molar-refractivity contribution is 5.78. The fourth-order valence-corrected chi connectivity index (χ4v) is 3.20. The molecule has 1 unspecified atom stereocenters. The molecule has 2 aromatic carbocycles. The number of aromatic amines is 1. The number of aromatic hydroxyl groups is 1. The van der Waals surface area contributed by atoms with Gasteiger partial charge < -0.3 is 14.7 Å².